The molecule has 27 heavy (non-hydrogen) atoms. The number of hydrogen-bond acceptors (Lipinski definition) is 5. The van der Waals surface area contributed by atoms with E-state index in [0.717, 1.165) is 35.6 Å². The van der Waals surface area contributed by atoms with Crippen molar-refractivity contribution in [3.8, 4) is 0 Å². The summed E-state index contributed by atoms with van der Waals surface area (Å²) in [5.41, 5.74) is 4.99. The number of aromatic nitrogens is 4. The molecule has 0 spiro atoms. The molecule has 0 aliphatic carbocycles. The minimum atomic E-state index is 0.104. The van der Waals surface area contributed by atoms with Crippen molar-refractivity contribution < 1.29 is 4.79 Å². The van der Waals surface area contributed by atoms with Gasteiger partial charge in [0.1, 0.15) is 0 Å². The molecule has 6 nitrogen and oxygen atoms in total. The predicted octanol–water partition coefficient (Wildman–Crippen LogP) is 3.55. The van der Waals surface area contributed by atoms with Gasteiger partial charge in [-0.05, 0) is 44.1 Å². The largest absolute Gasteiger partial charge is 0.312 e. The number of carbonyl (C=O) groups excluding carboxylic acids is 1. The lowest BCUT2D eigenvalue weighted by atomic mass is 9.91. The highest BCUT2D eigenvalue weighted by atomic mass is 32.2. The fourth-order valence-corrected chi connectivity index (χ4v) is 4.12. The Morgan fingerprint density at radius 1 is 1.26 bits per heavy atom. The van der Waals surface area contributed by atoms with Gasteiger partial charge in [-0.25, -0.2) is 9.50 Å². The Balaban J connectivity index is 1.68. The molecule has 1 aliphatic heterocycles. The molecular formula is C20H23N5OS. The van der Waals surface area contributed by atoms with Crippen LogP contribution in [-0.2, 0) is 11.2 Å². The summed E-state index contributed by atoms with van der Waals surface area (Å²) < 4.78 is 1.74. The van der Waals surface area contributed by atoms with Crippen LogP contribution in [0.15, 0.2) is 29.4 Å². The lowest BCUT2D eigenvalue weighted by molar-refractivity contribution is -0.118. The zero-order valence-corrected chi connectivity index (χ0v) is 16.9. The van der Waals surface area contributed by atoms with Crippen LogP contribution in [0.25, 0.3) is 5.78 Å². The van der Waals surface area contributed by atoms with Crippen LogP contribution in [0.3, 0.4) is 0 Å². The minimum Gasteiger partial charge on any atom is -0.312 e. The first-order valence-corrected chi connectivity index (χ1v) is 10.4. The van der Waals surface area contributed by atoms with Gasteiger partial charge >= 0.3 is 0 Å². The third-order valence-electron chi connectivity index (χ3n) is 5.39. The second-order valence-electron chi connectivity index (χ2n) is 7.04. The molecule has 3 heterocycles. The SMILES string of the molecule is CSc1nc2nc(C)c(CC(=O)N3CCC(C)c4ccccc43)c(C)n2n1. The maximum atomic E-state index is 13.2. The highest BCUT2D eigenvalue weighted by Crippen LogP contribution is 2.35. The first-order valence-electron chi connectivity index (χ1n) is 9.15. The fraction of sp³-hybridized carbons (Fsp3) is 0.400. The molecule has 1 amide bonds. The lowest BCUT2D eigenvalue weighted by Crippen LogP contribution is -2.37. The highest BCUT2D eigenvalue weighted by molar-refractivity contribution is 7.98. The van der Waals surface area contributed by atoms with Crippen LogP contribution in [0.2, 0.25) is 0 Å². The number of para-hydroxylation sites is 1. The molecule has 1 aromatic carbocycles. The molecule has 2 aromatic heterocycles. The van der Waals surface area contributed by atoms with Crippen LogP contribution in [0.1, 0.15) is 41.8 Å². The van der Waals surface area contributed by atoms with Gasteiger partial charge in [-0.15, -0.1) is 5.10 Å². The number of aryl methyl sites for hydroxylation is 2. The lowest BCUT2D eigenvalue weighted by Gasteiger charge is -2.33. The van der Waals surface area contributed by atoms with Gasteiger partial charge in [0.15, 0.2) is 0 Å². The van der Waals surface area contributed by atoms with Crippen molar-refractivity contribution in [3.05, 3.63) is 46.8 Å². The van der Waals surface area contributed by atoms with Gasteiger partial charge in [0.25, 0.3) is 5.78 Å². The van der Waals surface area contributed by atoms with Crippen molar-refractivity contribution in [1.82, 2.24) is 19.6 Å². The third kappa shape index (κ3) is 3.10. The average Bonchev–Trinajstić information content (AvgIpc) is 3.09. The number of amides is 1. The van der Waals surface area contributed by atoms with Crippen LogP contribution in [-0.4, -0.2) is 38.3 Å². The Kier molecular flexibility index (Phi) is 4.63. The van der Waals surface area contributed by atoms with Crippen molar-refractivity contribution >= 4 is 29.1 Å². The molecule has 7 heteroatoms. The van der Waals surface area contributed by atoms with E-state index in [1.54, 1.807) is 4.52 Å². The molecular weight excluding hydrogens is 358 g/mol. The monoisotopic (exact) mass is 381 g/mol. The first-order chi connectivity index (χ1) is 13.0. The molecule has 0 saturated carbocycles. The maximum absolute atomic E-state index is 13.2. The van der Waals surface area contributed by atoms with Crippen LogP contribution >= 0.6 is 11.8 Å². The maximum Gasteiger partial charge on any atom is 0.253 e. The van der Waals surface area contributed by atoms with Crippen molar-refractivity contribution in [2.24, 2.45) is 0 Å². The van der Waals surface area contributed by atoms with E-state index >= 15 is 0 Å². The predicted molar refractivity (Wildman–Crippen MR) is 108 cm³/mol. The molecule has 4 rings (SSSR count). The molecule has 3 aromatic rings. The highest BCUT2D eigenvalue weighted by Gasteiger charge is 2.27. The second-order valence-corrected chi connectivity index (χ2v) is 7.82. The van der Waals surface area contributed by atoms with E-state index in [9.17, 15) is 4.79 Å². The number of rotatable bonds is 3. The summed E-state index contributed by atoms with van der Waals surface area (Å²) in [4.78, 5) is 24.1. The first kappa shape index (κ1) is 18.0. The standard InChI is InChI=1S/C20H23N5OS/c1-12-9-10-24(17-8-6-5-7-15(12)17)18(26)11-16-13(2)21-19-22-20(27-4)23-25(19)14(16)3/h5-8,12H,9-11H2,1-4H3. The molecule has 1 atom stereocenters. The Bertz CT molecular complexity index is 1030. The van der Waals surface area contributed by atoms with E-state index in [4.69, 9.17) is 0 Å². The Labute approximate surface area is 163 Å². The van der Waals surface area contributed by atoms with E-state index in [0.29, 0.717) is 23.3 Å². The van der Waals surface area contributed by atoms with Crippen LogP contribution in [0.5, 0.6) is 0 Å². The van der Waals surface area contributed by atoms with Crippen molar-refractivity contribution in [2.45, 2.75) is 44.7 Å². The van der Waals surface area contributed by atoms with Crippen molar-refractivity contribution in [3.63, 3.8) is 0 Å². The van der Waals surface area contributed by atoms with E-state index in [2.05, 4.69) is 28.1 Å². The minimum absolute atomic E-state index is 0.104. The number of carbonyl (C=O) groups is 1. The summed E-state index contributed by atoms with van der Waals surface area (Å²) in [6, 6.07) is 8.22. The van der Waals surface area contributed by atoms with Gasteiger partial charge < -0.3 is 4.90 Å². The Morgan fingerprint density at radius 3 is 2.81 bits per heavy atom. The van der Waals surface area contributed by atoms with Gasteiger partial charge in [-0.1, -0.05) is 36.9 Å². The number of anilines is 1. The molecule has 0 saturated heterocycles. The Morgan fingerprint density at radius 2 is 2.04 bits per heavy atom. The van der Waals surface area contributed by atoms with Crippen LogP contribution in [0.4, 0.5) is 5.69 Å². The van der Waals surface area contributed by atoms with E-state index in [1.165, 1.54) is 17.3 Å². The van der Waals surface area contributed by atoms with Gasteiger partial charge in [-0.3, -0.25) is 4.79 Å². The number of thioether (sulfide) groups is 1. The summed E-state index contributed by atoms with van der Waals surface area (Å²) in [6.45, 7) is 6.90. The van der Waals surface area contributed by atoms with Gasteiger partial charge in [-0.2, -0.15) is 4.98 Å². The molecule has 1 aliphatic rings. The van der Waals surface area contributed by atoms with Crippen molar-refractivity contribution in [1.29, 1.82) is 0 Å². The molecule has 0 N–H and O–H groups in total. The molecule has 140 valence electrons. The zero-order valence-electron chi connectivity index (χ0n) is 16.1. The summed E-state index contributed by atoms with van der Waals surface area (Å²) in [5.74, 6) is 1.17. The normalized spacial score (nSPS) is 16.6. The fourth-order valence-electron chi connectivity index (χ4n) is 3.79. The summed E-state index contributed by atoms with van der Waals surface area (Å²) in [6.07, 6.45) is 3.24. The van der Waals surface area contributed by atoms with Gasteiger partial charge in [0.05, 0.1) is 6.42 Å². The number of hydrogen-bond donors (Lipinski definition) is 0. The third-order valence-corrected chi connectivity index (χ3v) is 5.92. The quantitative estimate of drug-likeness (QED) is 0.649. The summed E-state index contributed by atoms with van der Waals surface area (Å²) in [7, 11) is 0. The van der Waals surface area contributed by atoms with Gasteiger partial charge in [0.2, 0.25) is 11.1 Å². The van der Waals surface area contributed by atoms with Gasteiger partial charge in [0, 0.05) is 29.2 Å². The smallest absolute Gasteiger partial charge is 0.253 e. The summed E-state index contributed by atoms with van der Waals surface area (Å²) in [5, 5.41) is 5.17. The molecule has 0 radical (unpaired) electrons. The topological polar surface area (TPSA) is 63.4 Å². The molecule has 0 bridgehead atoms. The number of benzene rings is 1. The second kappa shape index (κ2) is 6.96. The number of nitrogens with zero attached hydrogens (tertiary/aromatic N) is 5. The Hall–Kier alpha value is -2.41. The van der Waals surface area contributed by atoms with E-state index in [1.807, 2.05) is 43.2 Å². The molecule has 0 fully saturated rings. The summed E-state index contributed by atoms with van der Waals surface area (Å²) >= 11 is 1.49. The van der Waals surface area contributed by atoms with Crippen LogP contribution < -0.4 is 4.90 Å². The zero-order chi connectivity index (χ0) is 19.1. The molecule has 1 unspecified atom stereocenters. The average molecular weight is 382 g/mol. The van der Waals surface area contributed by atoms with Crippen LogP contribution in [0, 0.1) is 13.8 Å². The number of fused-ring (bicyclic) bond motifs is 2. The van der Waals surface area contributed by atoms with E-state index in [-0.39, 0.29) is 5.91 Å². The van der Waals surface area contributed by atoms with E-state index < -0.39 is 0 Å². The van der Waals surface area contributed by atoms with Crippen molar-refractivity contribution in [2.75, 3.05) is 17.7 Å².